The summed E-state index contributed by atoms with van der Waals surface area (Å²) in [5.74, 6) is 0. The van der Waals surface area contributed by atoms with Crippen LogP contribution in [0.1, 0.15) is 31.9 Å². The summed E-state index contributed by atoms with van der Waals surface area (Å²) in [6.07, 6.45) is 9.80. The standard InChI is InChI=1S/C30H27N3.C2H6/c1-4-7-20(3)26(16-31)21-13-22(27-17-32-29-9-6-5-8-24(27)29)15-23(14-21)28-18-33-30-12-19(2)10-11-25(28)30;1-2/h4-18,32-33H,3,31H2,1-2H3;1-2H3/b7-4-,26-16+;. The van der Waals surface area contributed by atoms with E-state index < -0.39 is 0 Å². The van der Waals surface area contributed by atoms with Crippen LogP contribution in [0, 0.1) is 6.92 Å². The van der Waals surface area contributed by atoms with Crippen LogP contribution >= 0.6 is 0 Å². The number of allylic oxidation sites excluding steroid dienone is 4. The van der Waals surface area contributed by atoms with Gasteiger partial charge < -0.3 is 15.7 Å². The van der Waals surface area contributed by atoms with Crippen molar-refractivity contribution in [1.82, 2.24) is 9.97 Å². The predicted molar refractivity (Wildman–Crippen MR) is 153 cm³/mol. The van der Waals surface area contributed by atoms with Crippen molar-refractivity contribution in [2.75, 3.05) is 0 Å². The van der Waals surface area contributed by atoms with Gasteiger partial charge in [0.25, 0.3) is 0 Å². The number of hydrogen-bond acceptors (Lipinski definition) is 1. The number of aryl methyl sites for hydroxylation is 1. The highest BCUT2D eigenvalue weighted by molar-refractivity contribution is 6.00. The minimum Gasteiger partial charge on any atom is -0.404 e. The van der Waals surface area contributed by atoms with Crippen molar-refractivity contribution in [2.24, 2.45) is 5.73 Å². The van der Waals surface area contributed by atoms with E-state index in [0.29, 0.717) is 0 Å². The Labute approximate surface area is 207 Å². The SMILES string of the molecule is C=C(/C=C\C)/C(=C\N)c1cc(-c2c[nH]c3ccccc23)cc(-c2c[nH]c3cc(C)ccc23)c1.CC. The molecule has 176 valence electrons. The quantitative estimate of drug-likeness (QED) is 0.226. The Hall–Kier alpha value is -4.24. The van der Waals surface area contributed by atoms with Crippen LogP contribution in [0.5, 0.6) is 0 Å². The van der Waals surface area contributed by atoms with E-state index in [1.54, 1.807) is 6.20 Å². The third-order valence-corrected chi connectivity index (χ3v) is 6.17. The summed E-state index contributed by atoms with van der Waals surface area (Å²) < 4.78 is 0. The summed E-state index contributed by atoms with van der Waals surface area (Å²) >= 11 is 0. The van der Waals surface area contributed by atoms with E-state index in [1.807, 2.05) is 32.9 Å². The molecule has 35 heavy (non-hydrogen) atoms. The molecule has 0 aliphatic carbocycles. The third kappa shape index (κ3) is 4.58. The van der Waals surface area contributed by atoms with Crippen LogP contribution in [0.15, 0.2) is 104 Å². The molecule has 0 aliphatic rings. The molecule has 0 saturated heterocycles. The summed E-state index contributed by atoms with van der Waals surface area (Å²) in [6.45, 7) is 12.3. The lowest BCUT2D eigenvalue weighted by atomic mass is 9.91. The summed E-state index contributed by atoms with van der Waals surface area (Å²) in [7, 11) is 0. The van der Waals surface area contributed by atoms with Gasteiger partial charge in [-0.25, -0.2) is 0 Å². The molecule has 2 aromatic heterocycles. The van der Waals surface area contributed by atoms with Gasteiger partial charge in [-0.05, 0) is 72.0 Å². The van der Waals surface area contributed by atoms with Gasteiger partial charge in [0.05, 0.1) is 0 Å². The molecular formula is C32H33N3. The van der Waals surface area contributed by atoms with Gasteiger partial charge in [-0.1, -0.05) is 62.9 Å². The molecule has 5 aromatic rings. The van der Waals surface area contributed by atoms with Crippen molar-refractivity contribution < 1.29 is 0 Å². The Morgan fingerprint density at radius 1 is 0.829 bits per heavy atom. The maximum Gasteiger partial charge on any atom is 0.0463 e. The predicted octanol–water partition coefficient (Wildman–Crippen LogP) is 8.75. The fourth-order valence-corrected chi connectivity index (χ4v) is 4.56. The average Bonchev–Trinajstić information content (AvgIpc) is 3.50. The average molecular weight is 460 g/mol. The summed E-state index contributed by atoms with van der Waals surface area (Å²) in [6, 6.07) is 21.6. The van der Waals surface area contributed by atoms with Crippen molar-refractivity contribution in [3.8, 4) is 22.3 Å². The summed E-state index contributed by atoms with van der Waals surface area (Å²) in [4.78, 5) is 6.85. The Kier molecular flexibility index (Phi) is 7.07. The zero-order valence-corrected chi connectivity index (χ0v) is 20.9. The zero-order valence-electron chi connectivity index (χ0n) is 20.9. The number of nitrogens with one attached hydrogen (secondary N) is 2. The van der Waals surface area contributed by atoms with E-state index in [-0.39, 0.29) is 0 Å². The number of aromatic amines is 2. The van der Waals surface area contributed by atoms with Crippen molar-refractivity contribution in [1.29, 1.82) is 0 Å². The van der Waals surface area contributed by atoms with Crippen molar-refractivity contribution in [2.45, 2.75) is 27.7 Å². The highest BCUT2D eigenvalue weighted by Crippen LogP contribution is 2.38. The minimum absolute atomic E-state index is 0.886. The van der Waals surface area contributed by atoms with Gasteiger partial charge in [0, 0.05) is 57.1 Å². The number of H-pyrrole nitrogens is 2. The van der Waals surface area contributed by atoms with E-state index in [0.717, 1.165) is 44.4 Å². The second kappa shape index (κ2) is 10.4. The fraction of sp³-hybridized carbons (Fsp3) is 0.125. The molecule has 0 saturated carbocycles. The van der Waals surface area contributed by atoms with Crippen LogP contribution in [0.25, 0.3) is 49.6 Å². The molecule has 5 rings (SSSR count). The molecule has 0 bridgehead atoms. The first-order chi connectivity index (χ1) is 17.1. The van der Waals surface area contributed by atoms with Crippen LogP contribution in [0.2, 0.25) is 0 Å². The smallest absolute Gasteiger partial charge is 0.0463 e. The normalized spacial score (nSPS) is 11.7. The number of fused-ring (bicyclic) bond motifs is 2. The number of rotatable bonds is 5. The molecule has 0 spiro atoms. The van der Waals surface area contributed by atoms with E-state index in [9.17, 15) is 0 Å². The monoisotopic (exact) mass is 459 g/mol. The second-order valence-electron chi connectivity index (χ2n) is 8.40. The molecule has 0 aliphatic heterocycles. The number of hydrogen-bond donors (Lipinski definition) is 3. The van der Waals surface area contributed by atoms with Gasteiger partial charge in [0.15, 0.2) is 0 Å². The van der Waals surface area contributed by atoms with Gasteiger partial charge in [0.2, 0.25) is 0 Å². The third-order valence-electron chi connectivity index (χ3n) is 6.17. The van der Waals surface area contributed by atoms with Crippen LogP contribution < -0.4 is 5.73 Å². The number of nitrogens with two attached hydrogens (primary N) is 1. The van der Waals surface area contributed by atoms with Gasteiger partial charge in [-0.3, -0.25) is 0 Å². The Morgan fingerprint density at radius 3 is 2.11 bits per heavy atom. The van der Waals surface area contributed by atoms with Crippen LogP contribution in [0.4, 0.5) is 0 Å². The molecule has 3 aromatic carbocycles. The highest BCUT2D eigenvalue weighted by atomic mass is 14.7. The largest absolute Gasteiger partial charge is 0.404 e. The zero-order chi connectivity index (χ0) is 24.9. The first-order valence-corrected chi connectivity index (χ1v) is 12.1. The molecule has 0 unspecified atom stereocenters. The topological polar surface area (TPSA) is 57.6 Å². The van der Waals surface area contributed by atoms with Gasteiger partial charge in [-0.2, -0.15) is 0 Å². The van der Waals surface area contributed by atoms with E-state index in [1.165, 1.54) is 21.9 Å². The van der Waals surface area contributed by atoms with Crippen LogP contribution in [-0.2, 0) is 0 Å². The van der Waals surface area contributed by atoms with Gasteiger partial charge in [-0.15, -0.1) is 0 Å². The molecule has 2 heterocycles. The maximum absolute atomic E-state index is 6.10. The Bertz CT molecular complexity index is 1560. The molecule has 3 nitrogen and oxygen atoms in total. The number of aromatic nitrogens is 2. The Morgan fingerprint density at radius 2 is 1.46 bits per heavy atom. The Balaban J connectivity index is 0.00000141. The van der Waals surface area contributed by atoms with Crippen molar-refractivity contribution in [3.05, 3.63) is 115 Å². The summed E-state index contributed by atoms with van der Waals surface area (Å²) in [5, 5.41) is 2.40. The molecule has 4 N–H and O–H groups in total. The first-order valence-electron chi connectivity index (χ1n) is 12.1. The van der Waals surface area contributed by atoms with Gasteiger partial charge >= 0.3 is 0 Å². The fourth-order valence-electron chi connectivity index (χ4n) is 4.56. The lowest BCUT2D eigenvalue weighted by Crippen LogP contribution is -1.94. The minimum atomic E-state index is 0.886. The summed E-state index contributed by atoms with van der Waals surface area (Å²) in [5.41, 5.74) is 17.0. The van der Waals surface area contributed by atoms with Crippen LogP contribution in [0.3, 0.4) is 0 Å². The number of benzene rings is 3. The number of para-hydroxylation sites is 1. The molecule has 0 radical (unpaired) electrons. The maximum atomic E-state index is 6.10. The lowest BCUT2D eigenvalue weighted by Gasteiger charge is -2.13. The second-order valence-corrected chi connectivity index (χ2v) is 8.40. The van der Waals surface area contributed by atoms with E-state index in [2.05, 4.69) is 96.5 Å². The lowest BCUT2D eigenvalue weighted by molar-refractivity contribution is 1.44. The highest BCUT2D eigenvalue weighted by Gasteiger charge is 2.14. The first kappa shape index (κ1) is 23.9. The molecule has 0 atom stereocenters. The molecule has 0 amide bonds. The molecule has 0 fully saturated rings. The van der Waals surface area contributed by atoms with Gasteiger partial charge in [0.1, 0.15) is 0 Å². The molecule has 3 heteroatoms. The van der Waals surface area contributed by atoms with E-state index >= 15 is 0 Å². The van der Waals surface area contributed by atoms with Crippen molar-refractivity contribution >= 4 is 27.4 Å². The van der Waals surface area contributed by atoms with Crippen molar-refractivity contribution in [3.63, 3.8) is 0 Å². The molecular weight excluding hydrogens is 426 g/mol. The van der Waals surface area contributed by atoms with Crippen LogP contribution in [-0.4, -0.2) is 9.97 Å². The van der Waals surface area contributed by atoms with E-state index in [4.69, 9.17) is 5.73 Å².